The van der Waals surface area contributed by atoms with Crippen molar-refractivity contribution in [3.63, 3.8) is 0 Å². The molecule has 1 aliphatic carbocycles. The summed E-state index contributed by atoms with van der Waals surface area (Å²) < 4.78 is 18.9. The van der Waals surface area contributed by atoms with Gasteiger partial charge in [0, 0.05) is 25.3 Å². The van der Waals surface area contributed by atoms with Crippen LogP contribution in [0.25, 0.3) is 0 Å². The van der Waals surface area contributed by atoms with E-state index < -0.39 is 0 Å². The lowest BCUT2D eigenvalue weighted by molar-refractivity contribution is 0.00932. The predicted octanol–water partition coefficient (Wildman–Crippen LogP) is 3.23. The third kappa shape index (κ3) is 5.56. The summed E-state index contributed by atoms with van der Waals surface area (Å²) in [5.41, 5.74) is 0.543. The Balaban J connectivity index is 1.73. The highest BCUT2D eigenvalue weighted by Crippen LogP contribution is 2.25. The molecule has 0 saturated heterocycles. The van der Waals surface area contributed by atoms with Gasteiger partial charge in [0.15, 0.2) is 0 Å². The fourth-order valence-corrected chi connectivity index (χ4v) is 3.21. The molecule has 2 rings (SSSR count). The molecule has 4 nitrogen and oxygen atoms in total. The minimum absolute atomic E-state index is 0.0357. The second-order valence-corrected chi connectivity index (χ2v) is 6.53. The zero-order chi connectivity index (χ0) is 17.4. The van der Waals surface area contributed by atoms with Gasteiger partial charge in [-0.2, -0.15) is 0 Å². The largest absolute Gasteiger partial charge is 0.378 e. The maximum Gasteiger partial charge on any atom is 0.253 e. The highest BCUT2D eigenvalue weighted by atomic mass is 19.1. The van der Waals surface area contributed by atoms with Crippen LogP contribution < -0.4 is 5.32 Å². The van der Waals surface area contributed by atoms with Crippen LogP contribution in [0.2, 0.25) is 0 Å². The normalized spacial score (nSPS) is 20.8. The molecule has 0 bridgehead atoms. The number of benzene rings is 1. The summed E-state index contributed by atoms with van der Waals surface area (Å²) in [6.45, 7) is 1.85. The highest BCUT2D eigenvalue weighted by Gasteiger charge is 2.27. The Bertz CT molecular complexity index is 499. The number of carbonyl (C=O) groups is 1. The van der Waals surface area contributed by atoms with Crippen LogP contribution in [0.5, 0.6) is 0 Å². The molecule has 1 N–H and O–H groups in total. The Morgan fingerprint density at radius 3 is 2.50 bits per heavy atom. The van der Waals surface area contributed by atoms with Crippen molar-refractivity contribution >= 4 is 5.91 Å². The van der Waals surface area contributed by atoms with Crippen molar-refractivity contribution in [3.8, 4) is 0 Å². The second-order valence-electron chi connectivity index (χ2n) is 6.53. The molecule has 24 heavy (non-hydrogen) atoms. The predicted molar refractivity (Wildman–Crippen MR) is 93.7 cm³/mol. The fourth-order valence-electron chi connectivity index (χ4n) is 3.21. The maximum atomic E-state index is 13.0. The summed E-state index contributed by atoms with van der Waals surface area (Å²) >= 11 is 0. The fraction of sp³-hybridized carbons (Fsp3) is 0.632. The summed E-state index contributed by atoms with van der Waals surface area (Å²) in [6.07, 6.45) is 6.47. The van der Waals surface area contributed by atoms with E-state index in [1.54, 1.807) is 17.0 Å². The molecule has 0 aromatic heterocycles. The van der Waals surface area contributed by atoms with Gasteiger partial charge in [0.25, 0.3) is 5.91 Å². The number of unbranched alkanes of at least 4 members (excludes halogenated alkanes) is 1. The van der Waals surface area contributed by atoms with Gasteiger partial charge in [-0.1, -0.05) is 0 Å². The van der Waals surface area contributed by atoms with Crippen LogP contribution in [0.4, 0.5) is 4.39 Å². The van der Waals surface area contributed by atoms with Crippen molar-refractivity contribution in [2.45, 2.75) is 50.7 Å². The van der Waals surface area contributed by atoms with Crippen LogP contribution in [-0.2, 0) is 4.74 Å². The van der Waals surface area contributed by atoms with E-state index in [9.17, 15) is 9.18 Å². The molecule has 0 heterocycles. The zero-order valence-corrected chi connectivity index (χ0v) is 14.8. The first kappa shape index (κ1) is 18.9. The van der Waals surface area contributed by atoms with Gasteiger partial charge in [0.05, 0.1) is 6.10 Å². The van der Waals surface area contributed by atoms with E-state index in [-0.39, 0.29) is 17.8 Å². The summed E-state index contributed by atoms with van der Waals surface area (Å²) in [6, 6.07) is 6.01. The Morgan fingerprint density at radius 2 is 1.88 bits per heavy atom. The van der Waals surface area contributed by atoms with Crippen LogP contribution in [-0.4, -0.2) is 50.2 Å². The van der Waals surface area contributed by atoms with E-state index in [0.29, 0.717) is 11.7 Å². The average Bonchev–Trinajstić information content (AvgIpc) is 2.61. The smallest absolute Gasteiger partial charge is 0.253 e. The topological polar surface area (TPSA) is 41.6 Å². The number of halogens is 1. The molecule has 0 radical (unpaired) electrons. The zero-order valence-electron chi connectivity index (χ0n) is 14.8. The Labute approximate surface area is 144 Å². The average molecular weight is 336 g/mol. The van der Waals surface area contributed by atoms with E-state index >= 15 is 0 Å². The molecule has 0 spiro atoms. The van der Waals surface area contributed by atoms with Crippen LogP contribution in [0.3, 0.4) is 0 Å². The van der Waals surface area contributed by atoms with Gasteiger partial charge in [-0.3, -0.25) is 4.79 Å². The van der Waals surface area contributed by atoms with E-state index in [1.807, 2.05) is 14.1 Å². The van der Waals surface area contributed by atoms with Gasteiger partial charge in [-0.05, 0) is 76.4 Å². The molecular formula is C19H29FN2O2. The molecule has 0 unspecified atom stereocenters. The van der Waals surface area contributed by atoms with Gasteiger partial charge in [-0.15, -0.1) is 0 Å². The van der Waals surface area contributed by atoms with Crippen LogP contribution in [0, 0.1) is 5.82 Å². The number of hydrogen-bond donors (Lipinski definition) is 1. The molecule has 134 valence electrons. The van der Waals surface area contributed by atoms with E-state index in [2.05, 4.69) is 5.32 Å². The first-order valence-corrected chi connectivity index (χ1v) is 8.90. The quantitative estimate of drug-likeness (QED) is 0.741. The molecule has 0 atom stereocenters. The molecule has 1 amide bonds. The van der Waals surface area contributed by atoms with E-state index in [0.717, 1.165) is 51.7 Å². The summed E-state index contributed by atoms with van der Waals surface area (Å²) in [5, 5.41) is 3.14. The molecule has 1 aromatic carbocycles. The Kier molecular flexibility index (Phi) is 7.66. The highest BCUT2D eigenvalue weighted by molar-refractivity contribution is 5.94. The first-order chi connectivity index (χ1) is 11.6. The van der Waals surface area contributed by atoms with Crippen molar-refractivity contribution in [1.82, 2.24) is 10.2 Å². The lowest BCUT2D eigenvalue weighted by atomic mass is 9.91. The van der Waals surface area contributed by atoms with Crippen molar-refractivity contribution < 1.29 is 13.9 Å². The summed E-state index contributed by atoms with van der Waals surface area (Å²) in [5.74, 6) is -0.354. The first-order valence-electron chi connectivity index (χ1n) is 8.90. The summed E-state index contributed by atoms with van der Waals surface area (Å²) in [7, 11) is 3.81. The van der Waals surface area contributed by atoms with Crippen molar-refractivity contribution in [2.24, 2.45) is 0 Å². The monoisotopic (exact) mass is 336 g/mol. The standard InChI is InChI=1S/C19H29FN2O2/c1-21-13-3-4-14-24-18-11-9-17(10-12-18)22(2)19(23)15-5-7-16(20)8-6-15/h5-8,17-18,21H,3-4,9-14H2,1-2H3. The van der Waals surface area contributed by atoms with Gasteiger partial charge in [0.1, 0.15) is 5.82 Å². The third-order valence-corrected chi connectivity index (χ3v) is 4.78. The maximum absolute atomic E-state index is 13.0. The minimum atomic E-state index is -0.318. The van der Waals surface area contributed by atoms with Crippen molar-refractivity contribution in [1.29, 1.82) is 0 Å². The number of nitrogens with zero attached hydrogens (tertiary/aromatic N) is 1. The van der Waals surface area contributed by atoms with Crippen LogP contribution in [0.1, 0.15) is 48.9 Å². The van der Waals surface area contributed by atoms with E-state index in [4.69, 9.17) is 4.74 Å². The molecular weight excluding hydrogens is 307 g/mol. The number of nitrogens with one attached hydrogen (secondary N) is 1. The van der Waals surface area contributed by atoms with Gasteiger partial charge in [-0.25, -0.2) is 4.39 Å². The molecule has 1 fully saturated rings. The lowest BCUT2D eigenvalue weighted by Gasteiger charge is -2.34. The van der Waals surface area contributed by atoms with Crippen molar-refractivity contribution in [3.05, 3.63) is 35.6 Å². The Hall–Kier alpha value is -1.46. The number of rotatable bonds is 8. The number of carbonyl (C=O) groups excluding carboxylic acids is 1. The third-order valence-electron chi connectivity index (χ3n) is 4.78. The van der Waals surface area contributed by atoms with Crippen LogP contribution >= 0.6 is 0 Å². The Morgan fingerprint density at radius 1 is 1.21 bits per heavy atom. The number of hydrogen-bond acceptors (Lipinski definition) is 3. The summed E-state index contributed by atoms with van der Waals surface area (Å²) in [4.78, 5) is 14.3. The molecule has 1 saturated carbocycles. The second kappa shape index (κ2) is 9.74. The van der Waals surface area contributed by atoms with E-state index in [1.165, 1.54) is 12.1 Å². The molecule has 0 aliphatic heterocycles. The molecule has 1 aromatic rings. The van der Waals surface area contributed by atoms with Crippen molar-refractivity contribution in [2.75, 3.05) is 27.2 Å². The molecule has 5 heteroatoms. The van der Waals surface area contributed by atoms with Gasteiger partial charge < -0.3 is 15.0 Å². The minimum Gasteiger partial charge on any atom is -0.378 e. The number of amides is 1. The molecule has 1 aliphatic rings. The van der Waals surface area contributed by atoms with Gasteiger partial charge >= 0.3 is 0 Å². The SMILES string of the molecule is CNCCCCOC1CCC(N(C)C(=O)c2ccc(F)cc2)CC1. The number of ether oxygens (including phenoxy) is 1. The lowest BCUT2D eigenvalue weighted by Crippen LogP contribution is -2.40. The van der Waals surface area contributed by atoms with Gasteiger partial charge in [0.2, 0.25) is 0 Å². The van der Waals surface area contributed by atoms with Crippen LogP contribution in [0.15, 0.2) is 24.3 Å².